The number of aliphatic imine (C=N–C) groups is 1. The molecule has 1 N–H and O–H groups in total. The molecule has 4 nitrogen and oxygen atoms in total. The Labute approximate surface area is 90.8 Å². The van der Waals surface area contributed by atoms with E-state index in [4.69, 9.17) is 5.11 Å². The molecular formula is C9H13F3N2O2. The fourth-order valence-electron chi connectivity index (χ4n) is 1.74. The van der Waals surface area contributed by atoms with Gasteiger partial charge in [-0.3, -0.25) is 9.79 Å². The summed E-state index contributed by atoms with van der Waals surface area (Å²) in [6.45, 7) is 0.975. The van der Waals surface area contributed by atoms with E-state index in [1.807, 2.05) is 0 Å². The second-order valence-corrected chi connectivity index (χ2v) is 3.78. The highest BCUT2D eigenvalue weighted by Gasteiger charge is 2.37. The van der Waals surface area contributed by atoms with Crippen LogP contribution in [0.15, 0.2) is 4.99 Å². The van der Waals surface area contributed by atoms with E-state index < -0.39 is 30.9 Å². The first kappa shape index (κ1) is 12.8. The molecule has 1 aliphatic heterocycles. The number of alkyl halides is 3. The number of aliphatic carboxylic acids is 1. The zero-order chi connectivity index (χ0) is 12.3. The van der Waals surface area contributed by atoms with E-state index in [0.717, 1.165) is 0 Å². The third-order valence-corrected chi connectivity index (χ3v) is 2.36. The highest BCUT2D eigenvalue weighted by molar-refractivity contribution is 5.88. The number of nitrogens with zero attached hydrogens (tertiary/aromatic N) is 2. The second-order valence-electron chi connectivity index (χ2n) is 3.78. The molecule has 0 radical (unpaired) electrons. The number of carbonyl (C=O) groups is 1. The molecule has 0 saturated heterocycles. The molecule has 0 fully saturated rings. The van der Waals surface area contributed by atoms with Gasteiger partial charge in [0.15, 0.2) is 0 Å². The van der Waals surface area contributed by atoms with Crippen molar-refractivity contribution in [3.63, 3.8) is 0 Å². The molecule has 0 saturated carbocycles. The van der Waals surface area contributed by atoms with E-state index in [1.54, 1.807) is 11.9 Å². The monoisotopic (exact) mass is 238 g/mol. The predicted octanol–water partition coefficient (Wildman–Crippen LogP) is 1.37. The van der Waals surface area contributed by atoms with Crippen LogP contribution in [0.4, 0.5) is 13.2 Å². The van der Waals surface area contributed by atoms with Crippen LogP contribution in [0.5, 0.6) is 0 Å². The van der Waals surface area contributed by atoms with Gasteiger partial charge in [-0.15, -0.1) is 0 Å². The summed E-state index contributed by atoms with van der Waals surface area (Å²) in [6.07, 6.45) is -6.04. The maximum atomic E-state index is 12.3. The lowest BCUT2D eigenvalue weighted by atomic mass is 9.99. The molecule has 0 aliphatic carbocycles. The van der Waals surface area contributed by atoms with Gasteiger partial charge in [-0.1, -0.05) is 0 Å². The van der Waals surface area contributed by atoms with Crippen molar-refractivity contribution in [1.82, 2.24) is 4.90 Å². The summed E-state index contributed by atoms with van der Waals surface area (Å²) >= 11 is 0. The summed E-state index contributed by atoms with van der Waals surface area (Å²) in [6, 6.07) is 0. The van der Waals surface area contributed by atoms with E-state index in [2.05, 4.69) is 4.99 Å². The predicted molar refractivity (Wildman–Crippen MR) is 51.3 cm³/mol. The van der Waals surface area contributed by atoms with Crippen molar-refractivity contribution >= 4 is 11.8 Å². The topological polar surface area (TPSA) is 52.9 Å². The summed E-state index contributed by atoms with van der Waals surface area (Å²) in [5.74, 6) is -2.07. The lowest BCUT2D eigenvalue weighted by molar-refractivity contribution is -0.147. The Morgan fingerprint density at radius 2 is 2.25 bits per heavy atom. The molecule has 0 aromatic rings. The standard InChI is InChI=1S/C9H13F3N2O2/c1-14-3-2-13-8(14)6(4-7(15)16)5-9(10,11)12/h6H,2-5H2,1H3,(H,15,16). The first-order valence-corrected chi connectivity index (χ1v) is 4.83. The Kier molecular flexibility index (Phi) is 3.77. The molecule has 1 rings (SSSR count). The van der Waals surface area contributed by atoms with Crippen molar-refractivity contribution in [3.8, 4) is 0 Å². The van der Waals surface area contributed by atoms with Gasteiger partial charge in [-0.2, -0.15) is 13.2 Å². The quantitative estimate of drug-likeness (QED) is 0.804. The Balaban J connectivity index is 2.75. The minimum atomic E-state index is -4.37. The maximum Gasteiger partial charge on any atom is 0.389 e. The number of likely N-dealkylation sites (N-methyl/N-ethyl adjacent to an activating group) is 1. The third kappa shape index (κ3) is 3.71. The Morgan fingerprint density at radius 1 is 1.62 bits per heavy atom. The Morgan fingerprint density at radius 3 is 2.62 bits per heavy atom. The van der Waals surface area contributed by atoms with Gasteiger partial charge in [0.1, 0.15) is 5.84 Å². The molecule has 0 aromatic heterocycles. The number of carboxylic acid groups (broad SMARTS) is 1. The lowest BCUT2D eigenvalue weighted by Crippen LogP contribution is -2.33. The van der Waals surface area contributed by atoms with E-state index in [1.165, 1.54) is 0 Å². The Hall–Kier alpha value is -1.27. The summed E-state index contributed by atoms with van der Waals surface area (Å²) < 4.78 is 36.8. The van der Waals surface area contributed by atoms with Crippen LogP contribution < -0.4 is 0 Å². The number of halogens is 3. The van der Waals surface area contributed by atoms with Crippen LogP contribution >= 0.6 is 0 Å². The van der Waals surface area contributed by atoms with Gasteiger partial charge in [-0.05, 0) is 0 Å². The number of carboxylic acids is 1. The zero-order valence-corrected chi connectivity index (χ0v) is 8.79. The van der Waals surface area contributed by atoms with Crippen LogP contribution in [-0.4, -0.2) is 48.1 Å². The number of rotatable bonds is 4. The third-order valence-electron chi connectivity index (χ3n) is 2.36. The number of hydrogen-bond donors (Lipinski definition) is 1. The van der Waals surface area contributed by atoms with Gasteiger partial charge in [0.25, 0.3) is 0 Å². The minimum Gasteiger partial charge on any atom is -0.481 e. The first-order chi connectivity index (χ1) is 7.29. The molecule has 1 unspecified atom stereocenters. The minimum absolute atomic E-state index is 0.250. The number of amidine groups is 1. The molecule has 92 valence electrons. The summed E-state index contributed by atoms with van der Waals surface area (Å²) in [4.78, 5) is 16.0. The molecule has 1 heterocycles. The zero-order valence-electron chi connectivity index (χ0n) is 8.79. The molecule has 0 amide bonds. The molecule has 1 atom stereocenters. The summed E-state index contributed by atoms with van der Waals surface area (Å²) in [7, 11) is 1.62. The molecule has 0 bridgehead atoms. The SMILES string of the molecule is CN1CCN=C1C(CC(=O)O)CC(F)(F)F. The summed E-state index contributed by atoms with van der Waals surface area (Å²) in [5.41, 5.74) is 0. The number of hydrogen-bond acceptors (Lipinski definition) is 3. The van der Waals surface area contributed by atoms with Gasteiger partial charge < -0.3 is 10.0 Å². The van der Waals surface area contributed by atoms with Gasteiger partial charge in [0.2, 0.25) is 0 Å². The molecular weight excluding hydrogens is 225 g/mol. The fourth-order valence-corrected chi connectivity index (χ4v) is 1.74. The molecule has 16 heavy (non-hydrogen) atoms. The van der Waals surface area contributed by atoms with Crippen molar-refractivity contribution in [1.29, 1.82) is 0 Å². The first-order valence-electron chi connectivity index (χ1n) is 4.83. The van der Waals surface area contributed by atoms with Crippen molar-refractivity contribution < 1.29 is 23.1 Å². The highest BCUT2D eigenvalue weighted by atomic mass is 19.4. The van der Waals surface area contributed by atoms with E-state index >= 15 is 0 Å². The van der Waals surface area contributed by atoms with Crippen molar-refractivity contribution in [2.75, 3.05) is 20.1 Å². The van der Waals surface area contributed by atoms with E-state index in [9.17, 15) is 18.0 Å². The second kappa shape index (κ2) is 4.71. The average Bonchev–Trinajstić information content (AvgIpc) is 2.46. The van der Waals surface area contributed by atoms with Crippen LogP contribution in [0.1, 0.15) is 12.8 Å². The summed E-state index contributed by atoms with van der Waals surface area (Å²) in [5, 5.41) is 8.59. The lowest BCUT2D eigenvalue weighted by Gasteiger charge is -2.22. The van der Waals surface area contributed by atoms with Crippen molar-refractivity contribution in [2.45, 2.75) is 19.0 Å². The Bertz CT molecular complexity index is 302. The molecule has 7 heteroatoms. The van der Waals surface area contributed by atoms with Crippen LogP contribution in [0.25, 0.3) is 0 Å². The average molecular weight is 238 g/mol. The fraction of sp³-hybridized carbons (Fsp3) is 0.778. The normalized spacial score (nSPS) is 18.5. The molecule has 0 aromatic carbocycles. The van der Waals surface area contributed by atoms with E-state index in [0.29, 0.717) is 13.1 Å². The van der Waals surface area contributed by atoms with Crippen LogP contribution in [0.3, 0.4) is 0 Å². The van der Waals surface area contributed by atoms with Gasteiger partial charge in [0.05, 0.1) is 19.4 Å². The highest BCUT2D eigenvalue weighted by Crippen LogP contribution is 2.29. The van der Waals surface area contributed by atoms with Crippen molar-refractivity contribution in [2.24, 2.45) is 10.9 Å². The van der Waals surface area contributed by atoms with Crippen LogP contribution in [0.2, 0.25) is 0 Å². The van der Waals surface area contributed by atoms with Crippen molar-refractivity contribution in [3.05, 3.63) is 0 Å². The van der Waals surface area contributed by atoms with Gasteiger partial charge in [-0.25, -0.2) is 0 Å². The largest absolute Gasteiger partial charge is 0.481 e. The van der Waals surface area contributed by atoms with Gasteiger partial charge >= 0.3 is 12.1 Å². The smallest absolute Gasteiger partial charge is 0.389 e. The van der Waals surface area contributed by atoms with Gasteiger partial charge in [0, 0.05) is 19.5 Å². The molecule has 0 spiro atoms. The van der Waals surface area contributed by atoms with Crippen LogP contribution in [-0.2, 0) is 4.79 Å². The van der Waals surface area contributed by atoms with Crippen LogP contribution in [0, 0.1) is 5.92 Å². The molecule has 1 aliphatic rings. The maximum absolute atomic E-state index is 12.3. The van der Waals surface area contributed by atoms with E-state index in [-0.39, 0.29) is 5.84 Å².